The number of methoxy groups -OCH3 is 1. The van der Waals surface area contributed by atoms with Crippen LogP contribution in [0.3, 0.4) is 0 Å². The number of hydrogen-bond donors (Lipinski definition) is 0. The molecule has 0 N–H and O–H groups in total. The third kappa shape index (κ3) is 4.27. The first kappa shape index (κ1) is 20.4. The largest absolute Gasteiger partial charge is 0.497 e. The number of rotatable bonds is 7. The van der Waals surface area contributed by atoms with Crippen molar-refractivity contribution in [1.82, 2.24) is 25.1 Å². The number of ether oxygens (including phenoxy) is 1. The summed E-state index contributed by atoms with van der Waals surface area (Å²) in [6, 6.07) is 27.4. The summed E-state index contributed by atoms with van der Waals surface area (Å²) in [5.41, 5.74) is 5.25. The average molecular weight is 426 g/mol. The highest BCUT2D eigenvalue weighted by atomic mass is 16.5. The van der Waals surface area contributed by atoms with E-state index in [1.54, 1.807) is 7.11 Å². The molecule has 6 heteroatoms. The maximum Gasteiger partial charge on any atom is 0.173 e. The molecule has 2 heterocycles. The predicted octanol–water partition coefficient (Wildman–Crippen LogP) is 4.07. The van der Waals surface area contributed by atoms with Crippen molar-refractivity contribution >= 4 is 0 Å². The number of benzene rings is 3. The fourth-order valence-corrected chi connectivity index (χ4v) is 4.49. The fraction of sp³-hybridized carbons (Fsp3) is 0.269. The van der Waals surface area contributed by atoms with E-state index in [0.29, 0.717) is 0 Å². The molecule has 4 aromatic rings. The minimum absolute atomic E-state index is 0.0277. The van der Waals surface area contributed by atoms with Crippen LogP contribution >= 0.6 is 0 Å². The summed E-state index contributed by atoms with van der Waals surface area (Å²) in [5.74, 6) is 1.73. The molecule has 0 radical (unpaired) electrons. The molecule has 0 bridgehead atoms. The van der Waals surface area contributed by atoms with Crippen molar-refractivity contribution < 1.29 is 4.74 Å². The van der Waals surface area contributed by atoms with Gasteiger partial charge in [-0.3, -0.25) is 4.90 Å². The Morgan fingerprint density at radius 2 is 1.66 bits per heavy atom. The van der Waals surface area contributed by atoms with Crippen LogP contribution in [0.2, 0.25) is 0 Å². The first-order valence-corrected chi connectivity index (χ1v) is 11.1. The van der Waals surface area contributed by atoms with E-state index >= 15 is 0 Å². The number of aromatic nitrogens is 4. The summed E-state index contributed by atoms with van der Waals surface area (Å²) in [6.07, 6.45) is 1.91. The van der Waals surface area contributed by atoms with Gasteiger partial charge in [0.2, 0.25) is 0 Å². The van der Waals surface area contributed by atoms with Crippen LogP contribution < -0.4 is 4.74 Å². The predicted molar refractivity (Wildman–Crippen MR) is 123 cm³/mol. The van der Waals surface area contributed by atoms with Crippen LogP contribution in [0.25, 0.3) is 0 Å². The molecule has 0 spiro atoms. The van der Waals surface area contributed by atoms with Crippen LogP contribution in [0.4, 0.5) is 0 Å². The molecule has 0 unspecified atom stereocenters. The molecule has 6 nitrogen and oxygen atoms in total. The quantitative estimate of drug-likeness (QED) is 0.447. The van der Waals surface area contributed by atoms with Crippen molar-refractivity contribution in [3.05, 3.63) is 107 Å². The summed E-state index contributed by atoms with van der Waals surface area (Å²) in [4.78, 5) is 2.48. The lowest BCUT2D eigenvalue weighted by Gasteiger charge is -2.35. The van der Waals surface area contributed by atoms with Gasteiger partial charge in [-0.15, -0.1) is 5.10 Å². The number of nitrogens with zero attached hydrogens (tertiary/aromatic N) is 5. The molecule has 0 saturated carbocycles. The van der Waals surface area contributed by atoms with Crippen LogP contribution in [-0.2, 0) is 25.9 Å². The van der Waals surface area contributed by atoms with Crippen LogP contribution in [0.1, 0.15) is 34.1 Å². The zero-order chi connectivity index (χ0) is 21.8. The Kier molecular flexibility index (Phi) is 5.94. The molecule has 3 aromatic carbocycles. The average Bonchev–Trinajstić information content (AvgIpc) is 3.32. The fourth-order valence-electron chi connectivity index (χ4n) is 4.49. The molecule has 1 aromatic heterocycles. The molecule has 0 amide bonds. The van der Waals surface area contributed by atoms with Crippen LogP contribution in [0, 0.1) is 0 Å². The topological polar surface area (TPSA) is 56.1 Å². The van der Waals surface area contributed by atoms with Crippen molar-refractivity contribution in [3.63, 3.8) is 0 Å². The van der Waals surface area contributed by atoms with Crippen molar-refractivity contribution in [2.75, 3.05) is 13.7 Å². The van der Waals surface area contributed by atoms with E-state index in [1.165, 1.54) is 22.3 Å². The lowest BCUT2D eigenvalue weighted by atomic mass is 9.96. The van der Waals surface area contributed by atoms with Crippen molar-refractivity contribution in [2.45, 2.75) is 32.0 Å². The van der Waals surface area contributed by atoms with Crippen LogP contribution in [0.15, 0.2) is 78.9 Å². The number of hydrogen-bond acceptors (Lipinski definition) is 5. The summed E-state index contributed by atoms with van der Waals surface area (Å²) in [5, 5.41) is 12.9. The second-order valence-electron chi connectivity index (χ2n) is 8.16. The molecule has 1 aliphatic rings. The minimum atomic E-state index is -0.0277. The first-order valence-electron chi connectivity index (χ1n) is 11.1. The van der Waals surface area contributed by atoms with Crippen molar-refractivity contribution in [3.8, 4) is 5.75 Å². The standard InChI is InChI=1S/C26H27N5O/c1-32-24-13-11-22(12-14-24)25(30-17-16-21-9-5-6-10-23(21)19-30)26-27-28-29-31(26)18-15-20-7-3-2-4-8-20/h2-14,25H,15-19H2,1H3/t25-/m1/s1. The Balaban J connectivity index is 1.47. The first-order chi connectivity index (χ1) is 15.8. The molecule has 32 heavy (non-hydrogen) atoms. The van der Waals surface area contributed by atoms with E-state index in [-0.39, 0.29) is 6.04 Å². The molecule has 1 aliphatic heterocycles. The second-order valence-corrected chi connectivity index (χ2v) is 8.16. The van der Waals surface area contributed by atoms with E-state index in [0.717, 1.165) is 44.0 Å². The Labute approximate surface area is 188 Å². The maximum absolute atomic E-state index is 5.38. The Hall–Kier alpha value is -3.51. The number of tetrazole rings is 1. The molecule has 162 valence electrons. The zero-order valence-corrected chi connectivity index (χ0v) is 18.3. The highest BCUT2D eigenvalue weighted by Crippen LogP contribution is 2.32. The van der Waals surface area contributed by atoms with Crippen LogP contribution in [0.5, 0.6) is 5.75 Å². The summed E-state index contributed by atoms with van der Waals surface area (Å²) < 4.78 is 7.34. The third-order valence-electron chi connectivity index (χ3n) is 6.22. The van der Waals surface area contributed by atoms with Gasteiger partial charge in [0.15, 0.2) is 5.82 Å². The smallest absolute Gasteiger partial charge is 0.173 e. The maximum atomic E-state index is 5.38. The van der Waals surface area contributed by atoms with Gasteiger partial charge in [0, 0.05) is 19.6 Å². The van der Waals surface area contributed by atoms with Crippen molar-refractivity contribution in [1.29, 1.82) is 0 Å². The molecule has 0 fully saturated rings. The van der Waals surface area contributed by atoms with Gasteiger partial charge in [-0.2, -0.15) is 0 Å². The Morgan fingerprint density at radius 3 is 2.44 bits per heavy atom. The van der Waals surface area contributed by atoms with E-state index in [4.69, 9.17) is 4.74 Å². The normalized spacial score (nSPS) is 14.7. The minimum Gasteiger partial charge on any atom is -0.497 e. The van der Waals surface area contributed by atoms with Gasteiger partial charge >= 0.3 is 0 Å². The zero-order valence-electron chi connectivity index (χ0n) is 18.3. The highest BCUT2D eigenvalue weighted by Gasteiger charge is 2.30. The van der Waals surface area contributed by atoms with Gasteiger partial charge in [-0.05, 0) is 57.7 Å². The number of fused-ring (bicyclic) bond motifs is 1. The summed E-state index contributed by atoms with van der Waals surface area (Å²) in [7, 11) is 1.69. The lowest BCUT2D eigenvalue weighted by Crippen LogP contribution is -2.36. The molecule has 0 saturated heterocycles. The Morgan fingerprint density at radius 1 is 0.906 bits per heavy atom. The monoisotopic (exact) mass is 425 g/mol. The molecule has 0 aliphatic carbocycles. The van der Waals surface area contributed by atoms with E-state index in [2.05, 4.69) is 81.1 Å². The summed E-state index contributed by atoms with van der Waals surface area (Å²) in [6.45, 7) is 2.57. The second kappa shape index (κ2) is 9.32. The SMILES string of the molecule is COc1ccc([C@H](c2nnnn2CCc2ccccc2)N2CCc3ccccc3C2)cc1. The Bertz CT molecular complexity index is 1160. The van der Waals surface area contributed by atoms with Gasteiger partial charge < -0.3 is 4.74 Å². The van der Waals surface area contributed by atoms with E-state index in [9.17, 15) is 0 Å². The highest BCUT2D eigenvalue weighted by molar-refractivity contribution is 5.34. The van der Waals surface area contributed by atoms with Gasteiger partial charge in [0.25, 0.3) is 0 Å². The molecular weight excluding hydrogens is 398 g/mol. The van der Waals surface area contributed by atoms with E-state index in [1.807, 2.05) is 22.9 Å². The van der Waals surface area contributed by atoms with Crippen molar-refractivity contribution in [2.24, 2.45) is 0 Å². The van der Waals surface area contributed by atoms with Gasteiger partial charge in [0.1, 0.15) is 5.75 Å². The third-order valence-corrected chi connectivity index (χ3v) is 6.22. The molecule has 5 rings (SSSR count). The summed E-state index contributed by atoms with van der Waals surface area (Å²) >= 11 is 0. The lowest BCUT2D eigenvalue weighted by molar-refractivity contribution is 0.194. The number of aryl methyl sites for hydroxylation is 2. The van der Waals surface area contributed by atoms with Gasteiger partial charge in [-0.1, -0.05) is 66.7 Å². The van der Waals surface area contributed by atoms with E-state index < -0.39 is 0 Å². The molecular formula is C26H27N5O. The van der Waals surface area contributed by atoms with Gasteiger partial charge in [-0.25, -0.2) is 4.68 Å². The van der Waals surface area contributed by atoms with Crippen LogP contribution in [-0.4, -0.2) is 38.8 Å². The molecule has 1 atom stereocenters. The van der Waals surface area contributed by atoms with Gasteiger partial charge in [0.05, 0.1) is 13.2 Å².